The van der Waals surface area contributed by atoms with Crippen molar-refractivity contribution in [3.63, 3.8) is 0 Å². The van der Waals surface area contributed by atoms with E-state index in [-0.39, 0.29) is 6.04 Å². The van der Waals surface area contributed by atoms with E-state index in [0.29, 0.717) is 12.5 Å². The maximum Gasteiger partial charge on any atom is 0.0250 e. The van der Waals surface area contributed by atoms with Crippen LogP contribution in [-0.4, -0.2) is 24.0 Å². The van der Waals surface area contributed by atoms with Crippen LogP contribution in [0.25, 0.3) is 0 Å². The van der Waals surface area contributed by atoms with Crippen LogP contribution in [-0.2, 0) is 13.1 Å². The predicted molar refractivity (Wildman–Crippen MR) is 86.8 cm³/mol. The fourth-order valence-electron chi connectivity index (χ4n) is 3.19. The van der Waals surface area contributed by atoms with Gasteiger partial charge in [-0.15, -0.1) is 0 Å². The van der Waals surface area contributed by atoms with Crippen molar-refractivity contribution in [2.45, 2.75) is 25.0 Å². The van der Waals surface area contributed by atoms with Gasteiger partial charge in [-0.3, -0.25) is 4.90 Å². The van der Waals surface area contributed by atoms with E-state index in [9.17, 15) is 0 Å². The average Bonchev–Trinajstić information content (AvgIpc) is 2.89. The van der Waals surface area contributed by atoms with Crippen LogP contribution in [0.5, 0.6) is 0 Å². The van der Waals surface area contributed by atoms with Gasteiger partial charge in [0.05, 0.1) is 0 Å². The zero-order chi connectivity index (χ0) is 14.7. The van der Waals surface area contributed by atoms with Crippen molar-refractivity contribution in [3.8, 4) is 0 Å². The summed E-state index contributed by atoms with van der Waals surface area (Å²) >= 11 is 0. The molecule has 1 aliphatic rings. The van der Waals surface area contributed by atoms with E-state index in [2.05, 4.69) is 59.5 Å². The maximum atomic E-state index is 6.37. The van der Waals surface area contributed by atoms with Gasteiger partial charge in [0, 0.05) is 38.1 Å². The van der Waals surface area contributed by atoms with E-state index in [1.54, 1.807) is 0 Å². The molecule has 0 radical (unpaired) electrons. The summed E-state index contributed by atoms with van der Waals surface area (Å²) in [6.07, 6.45) is 0. The van der Waals surface area contributed by atoms with Gasteiger partial charge < -0.3 is 11.5 Å². The van der Waals surface area contributed by atoms with Crippen molar-refractivity contribution >= 4 is 0 Å². The second-order valence-electron chi connectivity index (χ2n) is 5.90. The van der Waals surface area contributed by atoms with Gasteiger partial charge in [0.2, 0.25) is 0 Å². The molecule has 0 aromatic heterocycles. The van der Waals surface area contributed by atoms with E-state index in [4.69, 9.17) is 11.5 Å². The monoisotopic (exact) mass is 281 g/mol. The van der Waals surface area contributed by atoms with E-state index in [0.717, 1.165) is 19.6 Å². The molecule has 3 heteroatoms. The Labute approximate surface area is 126 Å². The van der Waals surface area contributed by atoms with Crippen LogP contribution in [0.1, 0.15) is 22.6 Å². The first kappa shape index (κ1) is 14.3. The summed E-state index contributed by atoms with van der Waals surface area (Å²) in [5.74, 6) is 0.403. The molecule has 0 spiro atoms. The summed E-state index contributed by atoms with van der Waals surface area (Å²) in [5.41, 5.74) is 16.0. The lowest BCUT2D eigenvalue weighted by Gasteiger charge is -2.16. The van der Waals surface area contributed by atoms with E-state index < -0.39 is 0 Å². The van der Waals surface area contributed by atoms with Gasteiger partial charge in [0.15, 0.2) is 0 Å². The first-order valence-corrected chi connectivity index (χ1v) is 7.57. The molecule has 0 amide bonds. The maximum absolute atomic E-state index is 6.37. The summed E-state index contributed by atoms with van der Waals surface area (Å²) in [6.45, 7) is 3.53. The second kappa shape index (κ2) is 6.39. The number of benzene rings is 2. The van der Waals surface area contributed by atoms with Gasteiger partial charge in [-0.25, -0.2) is 0 Å². The van der Waals surface area contributed by atoms with Crippen LogP contribution in [0, 0.1) is 0 Å². The molecule has 3 rings (SSSR count). The molecular formula is C18H23N3. The molecule has 0 saturated carbocycles. The van der Waals surface area contributed by atoms with Gasteiger partial charge in [-0.1, -0.05) is 54.6 Å². The van der Waals surface area contributed by atoms with Crippen molar-refractivity contribution in [3.05, 3.63) is 71.3 Å². The van der Waals surface area contributed by atoms with Crippen molar-refractivity contribution in [1.82, 2.24) is 4.90 Å². The molecule has 1 saturated heterocycles. The fourth-order valence-corrected chi connectivity index (χ4v) is 3.19. The second-order valence-corrected chi connectivity index (χ2v) is 5.90. The predicted octanol–water partition coefficient (Wildman–Crippen LogP) is 2.07. The Morgan fingerprint density at radius 2 is 1.71 bits per heavy atom. The number of nitrogens with zero attached hydrogens (tertiary/aromatic N) is 1. The van der Waals surface area contributed by atoms with Crippen molar-refractivity contribution < 1.29 is 0 Å². The molecule has 2 aromatic rings. The number of hydrogen-bond acceptors (Lipinski definition) is 3. The minimum Gasteiger partial charge on any atom is -0.326 e. The summed E-state index contributed by atoms with van der Waals surface area (Å²) in [5, 5.41) is 0. The molecule has 4 N–H and O–H groups in total. The third-order valence-corrected chi connectivity index (χ3v) is 4.30. The minimum atomic E-state index is 0.196. The number of likely N-dealkylation sites (tertiary alicyclic amines) is 1. The van der Waals surface area contributed by atoms with Gasteiger partial charge in [-0.05, 0) is 16.7 Å². The topological polar surface area (TPSA) is 55.3 Å². The largest absolute Gasteiger partial charge is 0.326 e. The molecule has 0 aliphatic carbocycles. The molecule has 3 nitrogen and oxygen atoms in total. The van der Waals surface area contributed by atoms with Gasteiger partial charge in [-0.2, -0.15) is 0 Å². The summed E-state index contributed by atoms with van der Waals surface area (Å²) in [6, 6.07) is 19.3. The van der Waals surface area contributed by atoms with Crippen LogP contribution < -0.4 is 11.5 Å². The highest BCUT2D eigenvalue weighted by atomic mass is 15.2. The Morgan fingerprint density at radius 3 is 2.48 bits per heavy atom. The Kier molecular flexibility index (Phi) is 4.34. The first-order chi connectivity index (χ1) is 10.3. The molecule has 110 valence electrons. The van der Waals surface area contributed by atoms with Gasteiger partial charge >= 0.3 is 0 Å². The normalized spacial score (nSPS) is 22.6. The molecule has 0 unspecified atom stereocenters. The highest BCUT2D eigenvalue weighted by molar-refractivity contribution is 5.29. The Balaban J connectivity index is 1.71. The fraction of sp³-hybridized carbons (Fsp3) is 0.333. The van der Waals surface area contributed by atoms with Crippen LogP contribution >= 0.6 is 0 Å². The number of rotatable bonds is 4. The Morgan fingerprint density at radius 1 is 0.952 bits per heavy atom. The van der Waals surface area contributed by atoms with Gasteiger partial charge in [0.25, 0.3) is 0 Å². The van der Waals surface area contributed by atoms with Crippen LogP contribution in [0.15, 0.2) is 54.6 Å². The molecule has 21 heavy (non-hydrogen) atoms. The lowest BCUT2D eigenvalue weighted by molar-refractivity contribution is 0.324. The third kappa shape index (κ3) is 3.32. The van der Waals surface area contributed by atoms with E-state index in [1.807, 2.05) is 0 Å². The highest BCUT2D eigenvalue weighted by Crippen LogP contribution is 2.28. The van der Waals surface area contributed by atoms with Crippen molar-refractivity contribution in [2.75, 3.05) is 13.1 Å². The van der Waals surface area contributed by atoms with E-state index >= 15 is 0 Å². The minimum absolute atomic E-state index is 0.196. The standard InChI is InChI=1S/C18H23N3/c19-10-15-7-4-8-16(9-15)17-12-21(13-18(17)20)11-14-5-2-1-3-6-14/h1-9,17-18H,10-13,19-20H2/t17-,18+/m1/s1. The zero-order valence-corrected chi connectivity index (χ0v) is 12.3. The summed E-state index contributed by atoms with van der Waals surface area (Å²) in [4.78, 5) is 2.44. The van der Waals surface area contributed by atoms with Crippen LogP contribution in [0.3, 0.4) is 0 Å². The quantitative estimate of drug-likeness (QED) is 0.902. The van der Waals surface area contributed by atoms with Crippen molar-refractivity contribution in [1.29, 1.82) is 0 Å². The molecule has 2 aromatic carbocycles. The number of nitrogens with two attached hydrogens (primary N) is 2. The molecular weight excluding hydrogens is 258 g/mol. The molecule has 1 aliphatic heterocycles. The Bertz CT molecular complexity index is 582. The number of hydrogen-bond donors (Lipinski definition) is 2. The molecule has 1 heterocycles. The average molecular weight is 281 g/mol. The highest BCUT2D eigenvalue weighted by Gasteiger charge is 2.31. The zero-order valence-electron chi connectivity index (χ0n) is 12.3. The molecule has 0 bridgehead atoms. The Hall–Kier alpha value is -1.68. The van der Waals surface area contributed by atoms with Crippen molar-refractivity contribution in [2.24, 2.45) is 11.5 Å². The smallest absolute Gasteiger partial charge is 0.0250 e. The van der Waals surface area contributed by atoms with Crippen LogP contribution in [0.4, 0.5) is 0 Å². The third-order valence-electron chi connectivity index (χ3n) is 4.30. The summed E-state index contributed by atoms with van der Waals surface area (Å²) in [7, 11) is 0. The lowest BCUT2D eigenvalue weighted by atomic mass is 9.93. The molecule has 2 atom stereocenters. The first-order valence-electron chi connectivity index (χ1n) is 7.57. The van der Waals surface area contributed by atoms with Gasteiger partial charge in [0.1, 0.15) is 0 Å². The summed E-state index contributed by atoms with van der Waals surface area (Å²) < 4.78 is 0. The lowest BCUT2D eigenvalue weighted by Crippen LogP contribution is -2.28. The van der Waals surface area contributed by atoms with E-state index in [1.165, 1.54) is 16.7 Å². The SMILES string of the molecule is NCc1cccc([C@H]2CN(Cc3ccccc3)C[C@@H]2N)c1. The molecule has 1 fully saturated rings. The van der Waals surface area contributed by atoms with Crippen LogP contribution in [0.2, 0.25) is 0 Å².